The van der Waals surface area contributed by atoms with Crippen LogP contribution in [0.1, 0.15) is 25.0 Å². The van der Waals surface area contributed by atoms with Gasteiger partial charge in [0.25, 0.3) is 5.56 Å². The molecule has 0 saturated heterocycles. The summed E-state index contributed by atoms with van der Waals surface area (Å²) in [6, 6.07) is 14.8. The van der Waals surface area contributed by atoms with Crippen molar-refractivity contribution in [3.63, 3.8) is 0 Å². The number of amides is 1. The molecule has 4 rings (SSSR count). The van der Waals surface area contributed by atoms with E-state index >= 15 is 0 Å². The number of halogens is 1. The highest BCUT2D eigenvalue weighted by Gasteiger charge is 2.23. The number of aromatic amines is 1. The van der Waals surface area contributed by atoms with Crippen molar-refractivity contribution in [2.45, 2.75) is 26.8 Å². The van der Waals surface area contributed by atoms with Gasteiger partial charge in [-0.1, -0.05) is 49.7 Å². The van der Waals surface area contributed by atoms with E-state index in [-0.39, 0.29) is 23.3 Å². The third-order valence-corrected chi connectivity index (χ3v) is 6.16. The molecule has 1 unspecified atom stereocenters. The van der Waals surface area contributed by atoms with Crippen molar-refractivity contribution in [1.29, 1.82) is 0 Å². The van der Waals surface area contributed by atoms with Crippen LogP contribution in [0.25, 0.3) is 16.9 Å². The van der Waals surface area contributed by atoms with Gasteiger partial charge < -0.3 is 5.32 Å². The molecule has 0 aliphatic rings. The first-order valence-electron chi connectivity index (χ1n) is 11.1. The number of benzene rings is 1. The molecule has 3 aromatic heterocycles. The molecule has 0 saturated carbocycles. The van der Waals surface area contributed by atoms with Crippen molar-refractivity contribution in [1.82, 2.24) is 25.1 Å². The zero-order chi connectivity index (χ0) is 24.1. The molecule has 3 heterocycles. The Morgan fingerprint density at radius 2 is 1.97 bits per heavy atom. The number of hydrogen-bond acceptors (Lipinski definition) is 4. The van der Waals surface area contributed by atoms with Crippen LogP contribution < -0.4 is 10.9 Å². The van der Waals surface area contributed by atoms with Gasteiger partial charge in [0, 0.05) is 47.8 Å². The molecule has 0 fully saturated rings. The molecule has 0 aliphatic carbocycles. The molecular weight excluding hydrogens is 450 g/mol. The minimum atomic E-state index is -0.221. The van der Waals surface area contributed by atoms with Gasteiger partial charge in [-0.15, -0.1) is 0 Å². The second kappa shape index (κ2) is 10.5. The van der Waals surface area contributed by atoms with E-state index in [0.717, 1.165) is 16.7 Å². The van der Waals surface area contributed by atoms with Gasteiger partial charge in [0.2, 0.25) is 5.91 Å². The maximum atomic E-state index is 13.0. The van der Waals surface area contributed by atoms with Crippen molar-refractivity contribution >= 4 is 17.5 Å². The summed E-state index contributed by atoms with van der Waals surface area (Å²) >= 11 is 6.31. The summed E-state index contributed by atoms with van der Waals surface area (Å²) in [4.78, 5) is 34.3. The Kier molecular flexibility index (Phi) is 7.23. The lowest BCUT2D eigenvalue weighted by atomic mass is 9.88. The summed E-state index contributed by atoms with van der Waals surface area (Å²) in [5.41, 5.74) is 2.81. The van der Waals surface area contributed by atoms with Crippen LogP contribution in [-0.4, -0.2) is 25.7 Å². The first kappa shape index (κ1) is 23.4. The lowest BCUT2D eigenvalue weighted by molar-refractivity contribution is -0.126. The predicted octanol–water partition coefficient (Wildman–Crippen LogP) is 4.41. The van der Waals surface area contributed by atoms with E-state index in [2.05, 4.69) is 20.4 Å². The molecule has 0 radical (unpaired) electrons. The summed E-state index contributed by atoms with van der Waals surface area (Å²) in [5.74, 6) is 0.342. The molecule has 174 valence electrons. The minimum absolute atomic E-state index is 0.0378. The maximum absolute atomic E-state index is 13.0. The van der Waals surface area contributed by atoms with Crippen molar-refractivity contribution in [2.75, 3.05) is 0 Å². The number of pyridine rings is 2. The van der Waals surface area contributed by atoms with Crippen LogP contribution in [0.15, 0.2) is 78.1 Å². The van der Waals surface area contributed by atoms with E-state index in [1.807, 2.05) is 50.2 Å². The standard InChI is InChI=1S/C26H26ClN5O2/c1-17(2)21(13-19-6-3-4-8-23(19)27)25(33)30-14-18-9-11-29-24(12-18)32-26(34)22(16-31-32)20-7-5-10-28-15-20/h3-12,15-17,21,31H,13-14H2,1-2H3,(H,30,33). The third-order valence-electron chi connectivity index (χ3n) is 5.79. The van der Waals surface area contributed by atoms with Crippen LogP contribution >= 0.6 is 11.6 Å². The second-order valence-electron chi connectivity index (χ2n) is 8.46. The highest BCUT2D eigenvalue weighted by molar-refractivity contribution is 6.31. The molecular formula is C26H26ClN5O2. The topological polar surface area (TPSA) is 92.7 Å². The van der Waals surface area contributed by atoms with Crippen molar-refractivity contribution in [3.8, 4) is 16.9 Å². The largest absolute Gasteiger partial charge is 0.352 e. The van der Waals surface area contributed by atoms with Gasteiger partial charge >= 0.3 is 0 Å². The third kappa shape index (κ3) is 5.26. The number of carbonyl (C=O) groups is 1. The summed E-state index contributed by atoms with van der Waals surface area (Å²) < 4.78 is 1.38. The van der Waals surface area contributed by atoms with E-state index in [4.69, 9.17) is 11.6 Å². The molecule has 0 bridgehead atoms. The molecule has 7 nitrogen and oxygen atoms in total. The Morgan fingerprint density at radius 1 is 1.15 bits per heavy atom. The quantitative estimate of drug-likeness (QED) is 0.395. The Hall–Kier alpha value is -3.71. The fourth-order valence-corrected chi connectivity index (χ4v) is 4.03. The van der Waals surface area contributed by atoms with Gasteiger partial charge in [0.15, 0.2) is 5.82 Å². The number of nitrogens with one attached hydrogen (secondary N) is 2. The average molecular weight is 476 g/mol. The zero-order valence-corrected chi connectivity index (χ0v) is 19.8. The zero-order valence-electron chi connectivity index (χ0n) is 19.0. The highest BCUT2D eigenvalue weighted by atomic mass is 35.5. The molecule has 1 atom stereocenters. The van der Waals surface area contributed by atoms with Crippen molar-refractivity contribution in [2.24, 2.45) is 11.8 Å². The van der Waals surface area contributed by atoms with Gasteiger partial charge in [-0.2, -0.15) is 0 Å². The second-order valence-corrected chi connectivity index (χ2v) is 8.86. The van der Waals surface area contributed by atoms with Gasteiger partial charge in [0.1, 0.15) is 0 Å². The number of rotatable bonds is 8. The molecule has 1 aromatic carbocycles. The van der Waals surface area contributed by atoms with E-state index < -0.39 is 0 Å². The first-order chi connectivity index (χ1) is 16.4. The molecule has 0 spiro atoms. The lowest BCUT2D eigenvalue weighted by Crippen LogP contribution is -2.34. The number of hydrogen-bond donors (Lipinski definition) is 2. The summed E-state index contributed by atoms with van der Waals surface area (Å²) in [6.07, 6.45) is 7.13. The number of H-pyrrole nitrogens is 1. The van der Waals surface area contributed by atoms with Crippen molar-refractivity contribution in [3.05, 3.63) is 99.8 Å². The van der Waals surface area contributed by atoms with Crippen LogP contribution in [0.3, 0.4) is 0 Å². The summed E-state index contributed by atoms with van der Waals surface area (Å²) in [5, 5.41) is 6.66. The Balaban J connectivity index is 1.48. The van der Waals surface area contributed by atoms with Crippen LogP contribution in [0, 0.1) is 11.8 Å². The predicted molar refractivity (Wildman–Crippen MR) is 133 cm³/mol. The van der Waals surface area contributed by atoms with E-state index in [1.54, 1.807) is 36.9 Å². The number of carbonyl (C=O) groups excluding carboxylic acids is 1. The van der Waals surface area contributed by atoms with Gasteiger partial charge in [-0.3, -0.25) is 19.7 Å². The molecule has 1 amide bonds. The molecule has 0 aliphatic heterocycles. The molecule has 2 N–H and O–H groups in total. The average Bonchev–Trinajstić information content (AvgIpc) is 3.23. The molecule has 4 aromatic rings. The smallest absolute Gasteiger partial charge is 0.280 e. The fourth-order valence-electron chi connectivity index (χ4n) is 3.81. The first-order valence-corrected chi connectivity index (χ1v) is 11.5. The van der Waals surface area contributed by atoms with Crippen LogP contribution in [0.2, 0.25) is 5.02 Å². The summed E-state index contributed by atoms with van der Waals surface area (Å²) in [7, 11) is 0. The van der Waals surface area contributed by atoms with Gasteiger partial charge in [-0.05, 0) is 47.7 Å². The van der Waals surface area contributed by atoms with E-state index in [0.29, 0.717) is 29.4 Å². The number of aromatic nitrogens is 4. The van der Waals surface area contributed by atoms with E-state index in [9.17, 15) is 9.59 Å². The van der Waals surface area contributed by atoms with Crippen LogP contribution in [0.5, 0.6) is 0 Å². The fraction of sp³-hybridized carbons (Fsp3) is 0.231. The van der Waals surface area contributed by atoms with Gasteiger partial charge in [-0.25, -0.2) is 9.67 Å². The number of nitrogens with zero attached hydrogens (tertiary/aromatic N) is 3. The van der Waals surface area contributed by atoms with E-state index in [1.165, 1.54) is 4.68 Å². The minimum Gasteiger partial charge on any atom is -0.352 e. The molecule has 8 heteroatoms. The summed E-state index contributed by atoms with van der Waals surface area (Å²) in [6.45, 7) is 4.39. The SMILES string of the molecule is CC(C)C(Cc1ccccc1Cl)C(=O)NCc1ccnc(-n2[nH]cc(-c3cccnc3)c2=O)c1. The van der Waals surface area contributed by atoms with Crippen molar-refractivity contribution < 1.29 is 4.79 Å². The normalized spacial score (nSPS) is 12.0. The molecule has 34 heavy (non-hydrogen) atoms. The highest BCUT2D eigenvalue weighted by Crippen LogP contribution is 2.23. The van der Waals surface area contributed by atoms with Crippen LogP contribution in [-0.2, 0) is 17.8 Å². The monoisotopic (exact) mass is 475 g/mol. The van der Waals surface area contributed by atoms with Gasteiger partial charge in [0.05, 0.1) is 5.56 Å². The Bertz CT molecular complexity index is 1330. The van der Waals surface area contributed by atoms with Crippen LogP contribution in [0.4, 0.5) is 0 Å². The Labute approximate surface area is 202 Å². The Morgan fingerprint density at radius 3 is 2.71 bits per heavy atom. The lowest BCUT2D eigenvalue weighted by Gasteiger charge is -2.21. The maximum Gasteiger partial charge on any atom is 0.280 e.